The number of β-amino-alcohol motifs (C(OH)–C–C–N with tert-alkyl or cyclic N) is 1. The van der Waals surface area contributed by atoms with Crippen LogP contribution >= 0.6 is 11.8 Å². The molecule has 0 aromatic heterocycles. The van der Waals surface area contributed by atoms with Gasteiger partial charge in [-0.15, -0.1) is 11.8 Å². The monoisotopic (exact) mass is 490 g/mol. The van der Waals surface area contributed by atoms with Crippen LogP contribution in [0.2, 0.25) is 0 Å². The maximum Gasteiger partial charge on any atom is 0.247 e. The molecule has 1 unspecified atom stereocenters. The largest absolute Gasteiger partial charge is 0.395 e. The smallest absolute Gasteiger partial charge is 0.247 e. The Morgan fingerprint density at radius 2 is 1.74 bits per heavy atom. The van der Waals surface area contributed by atoms with E-state index in [0.29, 0.717) is 32.8 Å². The summed E-state index contributed by atoms with van der Waals surface area (Å²) in [5, 5.41) is 9.77. The van der Waals surface area contributed by atoms with Crippen molar-refractivity contribution in [3.05, 3.63) is 24.3 Å². The summed E-state index contributed by atoms with van der Waals surface area (Å²) in [6, 6.07) is -0.735. The number of amides is 3. The first-order chi connectivity index (χ1) is 16.3. The van der Waals surface area contributed by atoms with Gasteiger partial charge in [-0.1, -0.05) is 24.3 Å². The van der Waals surface area contributed by atoms with Crippen LogP contribution in [0.15, 0.2) is 24.3 Å². The fraction of sp³-hybridized carbons (Fsp3) is 0.708. The number of aliphatic hydroxyl groups is 1. The Morgan fingerprint density at radius 3 is 2.47 bits per heavy atom. The molecule has 0 aliphatic carbocycles. The molecule has 5 rings (SSSR count). The van der Waals surface area contributed by atoms with Crippen molar-refractivity contribution in [2.24, 2.45) is 11.8 Å². The summed E-state index contributed by atoms with van der Waals surface area (Å²) in [6.45, 7) is 7.27. The van der Waals surface area contributed by atoms with Crippen molar-refractivity contribution >= 4 is 29.5 Å². The van der Waals surface area contributed by atoms with Crippen LogP contribution in [0.1, 0.15) is 6.92 Å². The molecule has 34 heavy (non-hydrogen) atoms. The Kier molecular flexibility index (Phi) is 6.29. The first-order valence-electron chi connectivity index (χ1n) is 12.1. The zero-order chi connectivity index (χ0) is 24.1. The molecule has 3 fully saturated rings. The lowest BCUT2D eigenvalue weighted by atomic mass is 9.74. The first-order valence-corrected chi connectivity index (χ1v) is 12.9. The average Bonchev–Trinajstić information content (AvgIpc) is 3.09. The predicted octanol–water partition coefficient (Wildman–Crippen LogP) is -0.575. The minimum absolute atomic E-state index is 0.0610. The summed E-state index contributed by atoms with van der Waals surface area (Å²) >= 11 is 1.58. The molecular formula is C24H34N4O5S. The van der Waals surface area contributed by atoms with Crippen molar-refractivity contribution in [2.45, 2.75) is 22.5 Å². The predicted molar refractivity (Wildman–Crippen MR) is 128 cm³/mol. The van der Waals surface area contributed by atoms with Crippen LogP contribution in [0.25, 0.3) is 0 Å². The summed E-state index contributed by atoms with van der Waals surface area (Å²) in [7, 11) is 1.76. The molecule has 0 radical (unpaired) electrons. The standard InChI is InChI=1S/C24H34N4O5S/c1-23-5-3-7-25(2)20(30)17(23)18-21(31)28(11-14-29)19-22(32)27(8-4-6-24(18,19)34-23)10-9-26-12-15-33-16-13-26/h3-6,17-19,29H,7-16H2,1-2H3/t17-,18-,19?,23+,24-/m0/s1. The number of ether oxygens (including phenoxy) is 1. The Hall–Kier alpha value is -1.88. The minimum Gasteiger partial charge on any atom is -0.395 e. The van der Waals surface area contributed by atoms with Crippen LogP contribution in [0.5, 0.6) is 0 Å². The zero-order valence-corrected chi connectivity index (χ0v) is 20.7. The number of nitrogens with zero attached hydrogens (tertiary/aromatic N) is 4. The lowest BCUT2D eigenvalue weighted by molar-refractivity contribution is -0.144. The molecule has 0 bridgehead atoms. The summed E-state index contributed by atoms with van der Waals surface area (Å²) in [4.78, 5) is 48.7. The Morgan fingerprint density at radius 1 is 1.00 bits per heavy atom. The summed E-state index contributed by atoms with van der Waals surface area (Å²) in [5.41, 5.74) is 0. The molecule has 5 heterocycles. The van der Waals surface area contributed by atoms with Crippen molar-refractivity contribution in [1.29, 1.82) is 0 Å². The second-order valence-corrected chi connectivity index (χ2v) is 11.8. The van der Waals surface area contributed by atoms with Gasteiger partial charge in [0.05, 0.1) is 36.4 Å². The zero-order valence-electron chi connectivity index (χ0n) is 19.9. The van der Waals surface area contributed by atoms with Gasteiger partial charge >= 0.3 is 0 Å². The van der Waals surface area contributed by atoms with Crippen LogP contribution in [0.3, 0.4) is 0 Å². The topological polar surface area (TPSA) is 93.6 Å². The van der Waals surface area contributed by atoms with Gasteiger partial charge in [-0.25, -0.2) is 0 Å². The summed E-state index contributed by atoms with van der Waals surface area (Å²) < 4.78 is 4.01. The molecule has 10 heteroatoms. The first kappa shape index (κ1) is 23.8. The van der Waals surface area contributed by atoms with Gasteiger partial charge in [0, 0.05) is 57.6 Å². The van der Waals surface area contributed by atoms with E-state index in [4.69, 9.17) is 4.74 Å². The molecule has 1 spiro atoms. The van der Waals surface area contributed by atoms with Crippen LogP contribution in [0, 0.1) is 11.8 Å². The Balaban J connectivity index is 1.50. The maximum absolute atomic E-state index is 14.0. The van der Waals surface area contributed by atoms with Gasteiger partial charge in [0.15, 0.2) is 0 Å². The molecule has 1 N–H and O–H groups in total. The highest BCUT2D eigenvalue weighted by molar-refractivity contribution is 8.02. The van der Waals surface area contributed by atoms with Gasteiger partial charge in [0.1, 0.15) is 6.04 Å². The highest BCUT2D eigenvalue weighted by atomic mass is 32.2. The van der Waals surface area contributed by atoms with Crippen molar-refractivity contribution in [1.82, 2.24) is 19.6 Å². The van der Waals surface area contributed by atoms with Gasteiger partial charge in [-0.05, 0) is 6.92 Å². The number of morpholine rings is 1. The SMILES string of the molecule is CN1CC=C[C@@]2(C)S[C@]34C=CCN(CCN5CCOCC5)C(=O)C3N(CCO)C(=O)[C@@H]4[C@H]2C1=O. The number of likely N-dealkylation sites (tertiary alicyclic amines) is 1. The third kappa shape index (κ3) is 3.61. The number of thioether (sulfide) groups is 1. The normalized spacial score (nSPS) is 38.1. The molecule has 0 aromatic rings. The molecule has 5 aliphatic heterocycles. The number of carbonyl (C=O) groups excluding carboxylic acids is 3. The van der Waals surface area contributed by atoms with Gasteiger partial charge in [0.2, 0.25) is 17.7 Å². The number of fused-ring (bicyclic) bond motifs is 2. The summed E-state index contributed by atoms with van der Waals surface area (Å²) in [6.07, 6.45) is 8.07. The number of hydrogen-bond donors (Lipinski definition) is 1. The fourth-order valence-corrected chi connectivity index (χ4v) is 8.48. The minimum atomic E-state index is -0.839. The van der Waals surface area contributed by atoms with E-state index in [2.05, 4.69) is 11.0 Å². The quantitative estimate of drug-likeness (QED) is 0.516. The van der Waals surface area contributed by atoms with Crippen LogP contribution in [-0.4, -0.2) is 131 Å². The average molecular weight is 491 g/mol. The molecule has 3 amide bonds. The number of likely N-dealkylation sites (N-methyl/N-ethyl adjacent to an activating group) is 1. The number of hydrogen-bond acceptors (Lipinski definition) is 7. The van der Waals surface area contributed by atoms with E-state index in [0.717, 1.165) is 19.6 Å². The van der Waals surface area contributed by atoms with Gasteiger partial charge in [-0.3, -0.25) is 19.3 Å². The number of carbonyl (C=O) groups is 3. The van der Waals surface area contributed by atoms with E-state index in [1.54, 1.807) is 28.6 Å². The third-order valence-electron chi connectivity index (χ3n) is 7.97. The molecule has 9 nitrogen and oxygen atoms in total. The third-order valence-corrected chi connectivity index (χ3v) is 9.77. The second kappa shape index (κ2) is 8.96. The van der Waals surface area contributed by atoms with E-state index in [9.17, 15) is 19.5 Å². The molecule has 0 saturated carbocycles. The molecular weight excluding hydrogens is 456 g/mol. The molecule has 3 saturated heterocycles. The van der Waals surface area contributed by atoms with Crippen LogP contribution < -0.4 is 0 Å². The van der Waals surface area contributed by atoms with Crippen molar-refractivity contribution in [3.8, 4) is 0 Å². The molecule has 0 aromatic carbocycles. The van der Waals surface area contributed by atoms with E-state index in [1.165, 1.54) is 0 Å². The van der Waals surface area contributed by atoms with Crippen LogP contribution in [0.4, 0.5) is 0 Å². The van der Waals surface area contributed by atoms with E-state index < -0.39 is 27.4 Å². The Labute approximate surface area is 204 Å². The van der Waals surface area contributed by atoms with Crippen LogP contribution in [-0.2, 0) is 19.1 Å². The number of aliphatic hydroxyl groups excluding tert-OH is 1. The highest BCUT2D eigenvalue weighted by Gasteiger charge is 2.73. The van der Waals surface area contributed by atoms with E-state index in [1.807, 2.05) is 30.1 Å². The van der Waals surface area contributed by atoms with E-state index >= 15 is 0 Å². The highest BCUT2D eigenvalue weighted by Crippen LogP contribution is 2.65. The maximum atomic E-state index is 14.0. The summed E-state index contributed by atoms with van der Waals surface area (Å²) in [5.74, 6) is -1.56. The molecule has 5 aliphatic rings. The van der Waals surface area contributed by atoms with Crippen molar-refractivity contribution < 1.29 is 24.2 Å². The lowest BCUT2D eigenvalue weighted by Gasteiger charge is -2.37. The van der Waals surface area contributed by atoms with Crippen molar-refractivity contribution in [2.75, 3.05) is 72.7 Å². The molecule has 5 atom stereocenters. The van der Waals surface area contributed by atoms with Crippen molar-refractivity contribution in [3.63, 3.8) is 0 Å². The second-order valence-electron chi connectivity index (χ2n) is 10.0. The van der Waals surface area contributed by atoms with Gasteiger partial charge in [-0.2, -0.15) is 0 Å². The fourth-order valence-electron chi connectivity index (χ4n) is 6.33. The van der Waals surface area contributed by atoms with Gasteiger partial charge < -0.3 is 24.5 Å². The number of rotatable bonds is 5. The lowest BCUT2D eigenvalue weighted by Crippen LogP contribution is -2.55. The Bertz CT molecular complexity index is 921. The molecule has 186 valence electrons. The van der Waals surface area contributed by atoms with E-state index in [-0.39, 0.29) is 30.9 Å². The van der Waals surface area contributed by atoms with Gasteiger partial charge in [0.25, 0.3) is 0 Å².